The van der Waals surface area contributed by atoms with Crippen molar-refractivity contribution in [3.05, 3.63) is 96.1 Å². The number of hydrogen-bond donors (Lipinski definition) is 0. The van der Waals surface area contributed by atoms with Crippen molar-refractivity contribution in [2.45, 2.75) is 5.66 Å². The van der Waals surface area contributed by atoms with Crippen LogP contribution in [0.1, 0.15) is 11.1 Å². The molecule has 4 nitrogen and oxygen atoms in total. The van der Waals surface area contributed by atoms with Crippen molar-refractivity contribution in [1.82, 2.24) is 9.78 Å². The van der Waals surface area contributed by atoms with Crippen molar-refractivity contribution in [3.8, 4) is 0 Å². The Morgan fingerprint density at radius 1 is 0.667 bits per heavy atom. The lowest BCUT2D eigenvalue weighted by atomic mass is 9.92. The quantitative estimate of drug-likeness (QED) is 0.520. The fourth-order valence-electron chi connectivity index (χ4n) is 3.37. The van der Waals surface area contributed by atoms with Gasteiger partial charge in [0.1, 0.15) is 0 Å². The molecule has 4 aromatic rings. The highest BCUT2D eigenvalue weighted by Crippen LogP contribution is 2.45. The molecule has 0 fully saturated rings. The zero-order valence-corrected chi connectivity index (χ0v) is 12.9. The summed E-state index contributed by atoms with van der Waals surface area (Å²) in [5.74, 6) is 0.804. The van der Waals surface area contributed by atoms with E-state index in [1.165, 1.54) is 0 Å². The standard InChI is InChI=1S/C20H14N4/c1-3-9-15(10-4-1)20(16-11-5-2-6-12-16)23-21-19-17-13-7-8-14-18(17)22-24(19)20/h1-14H. The maximum Gasteiger partial charge on any atom is 0.225 e. The molecule has 0 unspecified atom stereocenters. The molecule has 0 saturated carbocycles. The highest BCUT2D eigenvalue weighted by Gasteiger charge is 2.43. The maximum atomic E-state index is 4.83. The fourth-order valence-corrected chi connectivity index (χ4v) is 3.37. The van der Waals surface area contributed by atoms with E-state index < -0.39 is 5.66 Å². The molecule has 24 heavy (non-hydrogen) atoms. The number of azo groups is 1. The molecule has 0 radical (unpaired) electrons. The van der Waals surface area contributed by atoms with E-state index in [0.29, 0.717) is 0 Å². The largest absolute Gasteiger partial charge is 0.225 e. The van der Waals surface area contributed by atoms with Crippen LogP contribution < -0.4 is 0 Å². The molecule has 114 valence electrons. The first-order valence-electron chi connectivity index (χ1n) is 7.92. The van der Waals surface area contributed by atoms with E-state index in [0.717, 1.165) is 27.8 Å². The Labute approximate surface area is 139 Å². The van der Waals surface area contributed by atoms with E-state index in [9.17, 15) is 0 Å². The van der Waals surface area contributed by atoms with Gasteiger partial charge in [0.2, 0.25) is 5.66 Å². The van der Waals surface area contributed by atoms with E-state index >= 15 is 0 Å². The summed E-state index contributed by atoms with van der Waals surface area (Å²) in [7, 11) is 0. The third kappa shape index (κ3) is 1.65. The normalized spacial score (nSPS) is 14.8. The lowest BCUT2D eigenvalue weighted by molar-refractivity contribution is 0.429. The van der Waals surface area contributed by atoms with E-state index in [1.54, 1.807) is 0 Å². The molecule has 1 aromatic heterocycles. The van der Waals surface area contributed by atoms with E-state index in [1.807, 2.05) is 65.3 Å². The van der Waals surface area contributed by atoms with E-state index in [4.69, 9.17) is 10.2 Å². The van der Waals surface area contributed by atoms with Gasteiger partial charge in [-0.3, -0.25) is 0 Å². The highest BCUT2D eigenvalue weighted by atomic mass is 15.5. The van der Waals surface area contributed by atoms with Crippen LogP contribution in [0.4, 0.5) is 5.82 Å². The molecule has 0 saturated heterocycles. The van der Waals surface area contributed by atoms with Gasteiger partial charge in [0.05, 0.1) is 5.52 Å². The zero-order chi connectivity index (χ0) is 16.0. The molecule has 0 N–H and O–H groups in total. The minimum absolute atomic E-state index is 0.753. The number of nitrogens with zero attached hydrogens (tertiary/aromatic N) is 4. The van der Waals surface area contributed by atoms with E-state index in [2.05, 4.69) is 29.4 Å². The lowest BCUT2D eigenvalue weighted by Crippen LogP contribution is -2.32. The van der Waals surface area contributed by atoms with Crippen LogP contribution in [0, 0.1) is 0 Å². The predicted octanol–water partition coefficient (Wildman–Crippen LogP) is 4.88. The van der Waals surface area contributed by atoms with Crippen LogP contribution in [0.5, 0.6) is 0 Å². The monoisotopic (exact) mass is 310 g/mol. The summed E-state index contributed by atoms with van der Waals surface area (Å²) in [4.78, 5) is 0. The van der Waals surface area contributed by atoms with E-state index in [-0.39, 0.29) is 0 Å². The second kappa shape index (κ2) is 4.86. The summed E-state index contributed by atoms with van der Waals surface area (Å²) in [6.07, 6.45) is 0. The zero-order valence-electron chi connectivity index (χ0n) is 12.9. The summed E-state index contributed by atoms with van der Waals surface area (Å²) in [6.45, 7) is 0. The van der Waals surface area contributed by atoms with Gasteiger partial charge in [-0.25, -0.2) is 4.68 Å². The summed E-state index contributed by atoms with van der Waals surface area (Å²) in [6, 6.07) is 28.5. The van der Waals surface area contributed by atoms with Gasteiger partial charge in [-0.05, 0) is 12.1 Å². The highest BCUT2D eigenvalue weighted by molar-refractivity contribution is 5.89. The number of fused-ring (bicyclic) bond motifs is 3. The van der Waals surface area contributed by atoms with Crippen LogP contribution in [0.25, 0.3) is 10.9 Å². The first-order valence-corrected chi connectivity index (χ1v) is 7.92. The average molecular weight is 310 g/mol. The Kier molecular flexibility index (Phi) is 2.67. The van der Waals surface area contributed by atoms with Gasteiger partial charge < -0.3 is 0 Å². The summed E-state index contributed by atoms with van der Waals surface area (Å²) < 4.78 is 1.95. The summed E-state index contributed by atoms with van der Waals surface area (Å²) in [5, 5.41) is 15.1. The Hall–Kier alpha value is -3.27. The molecule has 1 aliphatic rings. The predicted molar refractivity (Wildman–Crippen MR) is 93.3 cm³/mol. The third-order valence-corrected chi connectivity index (χ3v) is 4.50. The minimum atomic E-state index is -0.753. The van der Waals surface area contributed by atoms with Gasteiger partial charge in [-0.15, -0.1) is 10.2 Å². The Morgan fingerprint density at radius 3 is 1.92 bits per heavy atom. The van der Waals surface area contributed by atoms with Crippen LogP contribution in [0.2, 0.25) is 0 Å². The average Bonchev–Trinajstić information content (AvgIpc) is 3.21. The van der Waals surface area contributed by atoms with Gasteiger partial charge in [-0.2, -0.15) is 5.10 Å². The Morgan fingerprint density at radius 2 is 1.25 bits per heavy atom. The van der Waals surface area contributed by atoms with Gasteiger partial charge in [-0.1, -0.05) is 72.8 Å². The van der Waals surface area contributed by atoms with Crippen molar-refractivity contribution in [2.75, 3.05) is 0 Å². The van der Waals surface area contributed by atoms with Crippen molar-refractivity contribution < 1.29 is 0 Å². The minimum Gasteiger partial charge on any atom is -0.207 e. The first kappa shape index (κ1) is 13.2. The molecule has 0 aliphatic carbocycles. The van der Waals surface area contributed by atoms with Crippen molar-refractivity contribution >= 4 is 16.7 Å². The molecule has 2 heterocycles. The fraction of sp³-hybridized carbons (Fsp3) is 0.0500. The third-order valence-electron chi connectivity index (χ3n) is 4.50. The number of rotatable bonds is 2. The first-order chi connectivity index (χ1) is 11.9. The molecular formula is C20H14N4. The van der Waals surface area contributed by atoms with Crippen LogP contribution >= 0.6 is 0 Å². The molecule has 3 aromatic carbocycles. The smallest absolute Gasteiger partial charge is 0.207 e. The topological polar surface area (TPSA) is 42.5 Å². The molecule has 0 bridgehead atoms. The Balaban J connectivity index is 1.88. The molecule has 4 heteroatoms. The van der Waals surface area contributed by atoms with Crippen LogP contribution in [0.15, 0.2) is 95.2 Å². The van der Waals surface area contributed by atoms with Crippen molar-refractivity contribution in [2.24, 2.45) is 10.2 Å². The number of benzene rings is 3. The number of aromatic nitrogens is 2. The van der Waals surface area contributed by atoms with Crippen molar-refractivity contribution in [3.63, 3.8) is 0 Å². The van der Waals surface area contributed by atoms with Gasteiger partial charge in [0.15, 0.2) is 5.82 Å². The van der Waals surface area contributed by atoms with Crippen LogP contribution in [-0.2, 0) is 5.66 Å². The van der Waals surface area contributed by atoms with Gasteiger partial charge in [0, 0.05) is 16.5 Å². The molecule has 5 rings (SSSR count). The van der Waals surface area contributed by atoms with Gasteiger partial charge in [0.25, 0.3) is 0 Å². The lowest BCUT2D eigenvalue weighted by Gasteiger charge is -2.27. The molecule has 1 aliphatic heterocycles. The number of hydrogen-bond acceptors (Lipinski definition) is 3. The second-order valence-electron chi connectivity index (χ2n) is 5.86. The van der Waals surface area contributed by atoms with Crippen LogP contribution in [0.3, 0.4) is 0 Å². The molecule has 0 spiro atoms. The SMILES string of the molecule is c1ccc(C2(c3ccccc3)N=Nc3c4ccccc4nn32)cc1. The maximum absolute atomic E-state index is 4.83. The van der Waals surface area contributed by atoms with Gasteiger partial charge >= 0.3 is 0 Å². The Bertz CT molecular complexity index is 1010. The second-order valence-corrected chi connectivity index (χ2v) is 5.86. The molecule has 0 amide bonds. The summed E-state index contributed by atoms with van der Waals surface area (Å²) >= 11 is 0. The van der Waals surface area contributed by atoms with Crippen molar-refractivity contribution in [1.29, 1.82) is 0 Å². The summed E-state index contributed by atoms with van der Waals surface area (Å²) in [5.41, 5.74) is 2.28. The molecular weight excluding hydrogens is 296 g/mol. The molecule has 0 atom stereocenters. The van der Waals surface area contributed by atoms with Crippen LogP contribution in [-0.4, -0.2) is 9.78 Å².